The second-order valence-corrected chi connectivity index (χ2v) is 6.15. The maximum atomic E-state index is 13.8. The van der Waals surface area contributed by atoms with Crippen molar-refractivity contribution in [2.45, 2.75) is 24.6 Å². The summed E-state index contributed by atoms with van der Waals surface area (Å²) in [5, 5.41) is 4.20. The number of benzene rings is 2. The number of hydrogen-bond donors (Lipinski definition) is 0. The minimum Gasteiger partial charge on any atom is -0.265 e. The maximum Gasteiger partial charge on any atom is 0.416 e. The quantitative estimate of drug-likeness (QED) is 0.586. The van der Waals surface area contributed by atoms with Crippen LogP contribution in [0.5, 0.6) is 0 Å². The highest BCUT2D eigenvalue weighted by Gasteiger charge is 2.40. The Hall–Kier alpha value is -2.63. The number of fused-ring (bicyclic) bond motifs is 1. The van der Waals surface area contributed by atoms with E-state index in [1.54, 1.807) is 35.3 Å². The fraction of sp³-hybridized carbons (Fsp3) is 0.211. The van der Waals surface area contributed by atoms with Gasteiger partial charge in [0.1, 0.15) is 5.82 Å². The summed E-state index contributed by atoms with van der Waals surface area (Å²) < 4.78 is 55.7. The van der Waals surface area contributed by atoms with Crippen LogP contribution in [0.15, 0.2) is 60.9 Å². The molecule has 0 aliphatic heterocycles. The van der Waals surface area contributed by atoms with Gasteiger partial charge in [-0.15, -0.1) is 0 Å². The molecule has 0 saturated carbocycles. The zero-order chi connectivity index (χ0) is 17.6. The summed E-state index contributed by atoms with van der Waals surface area (Å²) in [6.45, 7) is 0. The summed E-state index contributed by atoms with van der Waals surface area (Å²) in [4.78, 5) is 0. The van der Waals surface area contributed by atoms with E-state index in [9.17, 15) is 17.6 Å². The highest BCUT2D eigenvalue weighted by Crippen LogP contribution is 2.48. The van der Waals surface area contributed by atoms with Crippen LogP contribution >= 0.6 is 0 Å². The van der Waals surface area contributed by atoms with Gasteiger partial charge in [0, 0.05) is 18.3 Å². The molecule has 6 heteroatoms. The molecule has 2 nitrogen and oxygen atoms in total. The van der Waals surface area contributed by atoms with Gasteiger partial charge in [0.05, 0.1) is 11.6 Å². The molecule has 0 N–H and O–H groups in total. The van der Waals surface area contributed by atoms with Gasteiger partial charge in [0.2, 0.25) is 0 Å². The van der Waals surface area contributed by atoms with Crippen molar-refractivity contribution >= 4 is 0 Å². The average molecular weight is 346 g/mol. The van der Waals surface area contributed by atoms with Crippen LogP contribution in [0.3, 0.4) is 0 Å². The zero-order valence-electron chi connectivity index (χ0n) is 13.0. The van der Waals surface area contributed by atoms with Crippen molar-refractivity contribution in [3.63, 3.8) is 0 Å². The van der Waals surface area contributed by atoms with Crippen molar-refractivity contribution in [1.82, 2.24) is 9.78 Å². The summed E-state index contributed by atoms with van der Waals surface area (Å²) in [6.07, 6.45) is -0.665. The van der Waals surface area contributed by atoms with Gasteiger partial charge >= 0.3 is 6.18 Å². The van der Waals surface area contributed by atoms with Crippen LogP contribution in [-0.2, 0) is 6.18 Å². The highest BCUT2D eigenvalue weighted by atomic mass is 19.4. The van der Waals surface area contributed by atoms with E-state index >= 15 is 0 Å². The fourth-order valence-electron chi connectivity index (χ4n) is 3.70. The highest BCUT2D eigenvalue weighted by molar-refractivity contribution is 5.48. The number of halogens is 4. The zero-order valence-corrected chi connectivity index (χ0v) is 13.0. The minimum atomic E-state index is -4.43. The van der Waals surface area contributed by atoms with Gasteiger partial charge in [-0.05, 0) is 47.4 Å². The van der Waals surface area contributed by atoms with E-state index in [1.807, 2.05) is 0 Å². The Morgan fingerprint density at radius 2 is 1.76 bits per heavy atom. The van der Waals surface area contributed by atoms with Gasteiger partial charge in [-0.25, -0.2) is 4.39 Å². The first-order valence-electron chi connectivity index (χ1n) is 7.90. The SMILES string of the molecule is Fc1ccc2c(c1)C(n1cccn1)CC2c1ccccc1C(F)(F)F. The normalized spacial score (nSPS) is 19.8. The molecule has 128 valence electrons. The molecule has 0 radical (unpaired) electrons. The second kappa shape index (κ2) is 5.72. The summed E-state index contributed by atoms with van der Waals surface area (Å²) in [7, 11) is 0. The Labute approximate surface area is 141 Å². The molecule has 1 aliphatic carbocycles. The van der Waals surface area contributed by atoms with Gasteiger partial charge in [-0.2, -0.15) is 18.3 Å². The number of nitrogens with zero attached hydrogens (tertiary/aromatic N) is 2. The van der Waals surface area contributed by atoms with Crippen molar-refractivity contribution in [2.24, 2.45) is 0 Å². The largest absolute Gasteiger partial charge is 0.416 e. The van der Waals surface area contributed by atoms with Crippen molar-refractivity contribution in [3.8, 4) is 0 Å². The van der Waals surface area contributed by atoms with Crippen molar-refractivity contribution in [2.75, 3.05) is 0 Å². The Balaban J connectivity index is 1.86. The first kappa shape index (κ1) is 15.9. The van der Waals surface area contributed by atoms with E-state index in [0.717, 1.165) is 11.6 Å². The van der Waals surface area contributed by atoms with Crippen molar-refractivity contribution in [1.29, 1.82) is 0 Å². The molecular weight excluding hydrogens is 332 g/mol. The molecule has 0 bridgehead atoms. The number of rotatable bonds is 2. The Morgan fingerprint density at radius 3 is 2.48 bits per heavy atom. The fourth-order valence-corrected chi connectivity index (χ4v) is 3.70. The molecule has 25 heavy (non-hydrogen) atoms. The lowest BCUT2D eigenvalue weighted by atomic mass is 9.89. The Kier molecular flexibility index (Phi) is 3.63. The van der Waals surface area contributed by atoms with E-state index < -0.39 is 23.5 Å². The first-order chi connectivity index (χ1) is 11.9. The molecule has 0 fully saturated rings. The third kappa shape index (κ3) is 2.71. The third-order valence-electron chi connectivity index (χ3n) is 4.73. The average Bonchev–Trinajstić information content (AvgIpc) is 3.21. The van der Waals surface area contributed by atoms with Crippen LogP contribution < -0.4 is 0 Å². The Morgan fingerprint density at radius 1 is 0.960 bits per heavy atom. The van der Waals surface area contributed by atoms with E-state index in [1.165, 1.54) is 24.3 Å². The van der Waals surface area contributed by atoms with Crippen LogP contribution in [0.25, 0.3) is 0 Å². The number of hydrogen-bond acceptors (Lipinski definition) is 1. The molecule has 3 aromatic rings. The molecule has 0 spiro atoms. The lowest BCUT2D eigenvalue weighted by Crippen LogP contribution is -2.12. The summed E-state index contributed by atoms with van der Waals surface area (Å²) >= 11 is 0. The third-order valence-corrected chi connectivity index (χ3v) is 4.73. The molecule has 1 aromatic heterocycles. The van der Waals surface area contributed by atoms with Crippen LogP contribution in [-0.4, -0.2) is 9.78 Å². The standard InChI is InChI=1S/C19H14F4N2/c20-12-6-7-13-15(14-4-1-2-5-17(14)19(21,22)23)11-18(16(13)10-12)25-9-3-8-24-25/h1-10,15,18H,11H2. The van der Waals surface area contributed by atoms with E-state index in [4.69, 9.17) is 0 Å². The van der Waals surface area contributed by atoms with Gasteiger partial charge in [-0.3, -0.25) is 4.68 Å². The lowest BCUT2D eigenvalue weighted by molar-refractivity contribution is -0.138. The minimum absolute atomic E-state index is 0.220. The number of aromatic nitrogens is 2. The molecule has 2 atom stereocenters. The lowest BCUT2D eigenvalue weighted by Gasteiger charge is -2.19. The van der Waals surface area contributed by atoms with Gasteiger partial charge in [0.25, 0.3) is 0 Å². The molecule has 2 unspecified atom stereocenters. The first-order valence-corrected chi connectivity index (χ1v) is 7.90. The molecule has 0 saturated heterocycles. The molecule has 0 amide bonds. The van der Waals surface area contributed by atoms with E-state index in [-0.39, 0.29) is 11.6 Å². The van der Waals surface area contributed by atoms with Gasteiger partial charge < -0.3 is 0 Å². The van der Waals surface area contributed by atoms with Crippen molar-refractivity contribution in [3.05, 3.63) is 89.0 Å². The summed E-state index contributed by atoms with van der Waals surface area (Å²) in [5.41, 5.74) is 0.984. The topological polar surface area (TPSA) is 17.8 Å². The summed E-state index contributed by atoms with van der Waals surface area (Å²) in [6, 6.07) is 11.3. The van der Waals surface area contributed by atoms with Gasteiger partial charge in [0.15, 0.2) is 0 Å². The maximum absolute atomic E-state index is 13.8. The predicted octanol–water partition coefficient (Wildman–Crippen LogP) is 5.17. The van der Waals surface area contributed by atoms with E-state index in [0.29, 0.717) is 12.0 Å². The van der Waals surface area contributed by atoms with Crippen LogP contribution in [0.4, 0.5) is 17.6 Å². The van der Waals surface area contributed by atoms with E-state index in [2.05, 4.69) is 5.10 Å². The molecular formula is C19H14F4N2. The second-order valence-electron chi connectivity index (χ2n) is 6.15. The summed E-state index contributed by atoms with van der Waals surface area (Å²) in [5.74, 6) is -0.858. The monoisotopic (exact) mass is 346 g/mol. The van der Waals surface area contributed by atoms with Crippen LogP contribution in [0.2, 0.25) is 0 Å². The molecule has 1 heterocycles. The molecule has 1 aliphatic rings. The smallest absolute Gasteiger partial charge is 0.265 e. The van der Waals surface area contributed by atoms with Crippen molar-refractivity contribution < 1.29 is 17.6 Å². The Bertz CT molecular complexity index is 900. The van der Waals surface area contributed by atoms with Crippen LogP contribution in [0, 0.1) is 5.82 Å². The van der Waals surface area contributed by atoms with Gasteiger partial charge in [-0.1, -0.05) is 24.3 Å². The molecule has 2 aromatic carbocycles. The molecule has 4 rings (SSSR count). The van der Waals surface area contributed by atoms with Crippen LogP contribution in [0.1, 0.15) is 40.6 Å². The predicted molar refractivity (Wildman–Crippen MR) is 84.7 cm³/mol. The number of alkyl halides is 3.